The van der Waals surface area contributed by atoms with Crippen LogP contribution in [0.25, 0.3) is 0 Å². The minimum absolute atomic E-state index is 0.521. The normalized spacial score (nSPS) is 10.2. The van der Waals surface area contributed by atoms with Crippen molar-refractivity contribution in [3.63, 3.8) is 0 Å². The minimum Gasteiger partial charge on any atom is -0.437 e. The number of aryl methyl sites for hydroxylation is 2. The van der Waals surface area contributed by atoms with E-state index in [9.17, 15) is 0 Å². The number of nitrogen functional groups attached to an aromatic ring is 1. The predicted octanol–water partition coefficient (Wildman–Crippen LogP) is 2.72. The second-order valence-electron chi connectivity index (χ2n) is 3.84. The molecule has 0 saturated carbocycles. The SMILES string of the molecule is CCc1cc(Oc2ccc(C)cc2N)ncn1. The van der Waals surface area contributed by atoms with Crippen LogP contribution in [0.1, 0.15) is 18.2 Å². The fourth-order valence-electron chi connectivity index (χ4n) is 1.50. The molecule has 1 aromatic carbocycles. The molecule has 0 unspecified atom stereocenters. The van der Waals surface area contributed by atoms with Crippen molar-refractivity contribution >= 4 is 5.69 Å². The Hall–Kier alpha value is -2.10. The lowest BCUT2D eigenvalue weighted by molar-refractivity contribution is 0.462. The summed E-state index contributed by atoms with van der Waals surface area (Å²) >= 11 is 0. The zero-order valence-electron chi connectivity index (χ0n) is 9.97. The Morgan fingerprint density at radius 2 is 2.06 bits per heavy atom. The first-order chi connectivity index (χ1) is 8.19. The lowest BCUT2D eigenvalue weighted by Gasteiger charge is -2.08. The van der Waals surface area contributed by atoms with Crippen LogP contribution in [0, 0.1) is 6.92 Å². The average molecular weight is 229 g/mol. The fourth-order valence-corrected chi connectivity index (χ4v) is 1.50. The van der Waals surface area contributed by atoms with E-state index in [-0.39, 0.29) is 0 Å². The molecule has 2 N–H and O–H groups in total. The molecule has 2 rings (SSSR count). The summed E-state index contributed by atoms with van der Waals surface area (Å²) in [6.45, 7) is 4.02. The maximum Gasteiger partial charge on any atom is 0.222 e. The molecule has 0 fully saturated rings. The third kappa shape index (κ3) is 2.72. The fraction of sp³-hybridized carbons (Fsp3) is 0.231. The van der Waals surface area contributed by atoms with Gasteiger partial charge in [0, 0.05) is 11.8 Å². The highest BCUT2D eigenvalue weighted by Crippen LogP contribution is 2.26. The van der Waals surface area contributed by atoms with Crippen molar-refractivity contribution in [1.82, 2.24) is 9.97 Å². The van der Waals surface area contributed by atoms with Gasteiger partial charge < -0.3 is 10.5 Å². The molecular weight excluding hydrogens is 214 g/mol. The van der Waals surface area contributed by atoms with Gasteiger partial charge in [0.15, 0.2) is 5.75 Å². The summed E-state index contributed by atoms with van der Waals surface area (Å²) in [7, 11) is 0. The maximum atomic E-state index is 5.87. The van der Waals surface area contributed by atoms with Gasteiger partial charge in [-0.25, -0.2) is 9.97 Å². The van der Waals surface area contributed by atoms with Crippen LogP contribution < -0.4 is 10.5 Å². The molecule has 0 radical (unpaired) electrons. The van der Waals surface area contributed by atoms with E-state index in [4.69, 9.17) is 10.5 Å². The van der Waals surface area contributed by atoms with Gasteiger partial charge in [0.05, 0.1) is 5.69 Å². The van der Waals surface area contributed by atoms with Crippen molar-refractivity contribution in [2.24, 2.45) is 0 Å². The van der Waals surface area contributed by atoms with Crippen molar-refractivity contribution in [1.29, 1.82) is 0 Å². The lowest BCUT2D eigenvalue weighted by Crippen LogP contribution is -1.96. The van der Waals surface area contributed by atoms with Gasteiger partial charge in [0.25, 0.3) is 0 Å². The number of rotatable bonds is 3. The van der Waals surface area contributed by atoms with Gasteiger partial charge in [-0.1, -0.05) is 13.0 Å². The number of nitrogens with two attached hydrogens (primary N) is 1. The van der Waals surface area contributed by atoms with Gasteiger partial charge in [0.2, 0.25) is 5.88 Å². The van der Waals surface area contributed by atoms with Crippen LogP contribution in [0.4, 0.5) is 5.69 Å². The molecule has 1 heterocycles. The Morgan fingerprint density at radius 3 is 2.76 bits per heavy atom. The number of benzene rings is 1. The zero-order valence-corrected chi connectivity index (χ0v) is 9.97. The zero-order chi connectivity index (χ0) is 12.3. The molecule has 0 atom stereocenters. The highest BCUT2D eigenvalue weighted by Gasteiger charge is 2.04. The molecule has 2 aromatic rings. The molecule has 17 heavy (non-hydrogen) atoms. The van der Waals surface area contributed by atoms with E-state index in [1.54, 1.807) is 0 Å². The monoisotopic (exact) mass is 229 g/mol. The van der Waals surface area contributed by atoms with Gasteiger partial charge in [-0.05, 0) is 31.0 Å². The van der Waals surface area contributed by atoms with E-state index in [0.717, 1.165) is 17.7 Å². The highest BCUT2D eigenvalue weighted by molar-refractivity contribution is 5.55. The van der Waals surface area contributed by atoms with Crippen LogP contribution in [-0.4, -0.2) is 9.97 Å². The molecule has 4 heteroatoms. The molecule has 0 aliphatic rings. The topological polar surface area (TPSA) is 61.0 Å². The first kappa shape index (κ1) is 11.4. The van der Waals surface area contributed by atoms with E-state index in [0.29, 0.717) is 17.3 Å². The second kappa shape index (κ2) is 4.82. The molecule has 0 amide bonds. The van der Waals surface area contributed by atoms with Gasteiger partial charge >= 0.3 is 0 Å². The van der Waals surface area contributed by atoms with Crippen molar-refractivity contribution < 1.29 is 4.74 Å². The summed E-state index contributed by atoms with van der Waals surface area (Å²) in [5, 5.41) is 0. The molecule has 0 saturated heterocycles. The molecule has 0 spiro atoms. The van der Waals surface area contributed by atoms with Crippen LogP contribution in [0.15, 0.2) is 30.6 Å². The number of ether oxygens (including phenoxy) is 1. The number of anilines is 1. The van der Waals surface area contributed by atoms with Gasteiger partial charge in [-0.15, -0.1) is 0 Å². The Morgan fingerprint density at radius 1 is 1.24 bits per heavy atom. The number of hydrogen-bond donors (Lipinski definition) is 1. The standard InChI is InChI=1S/C13H15N3O/c1-3-10-7-13(16-8-15-10)17-12-5-4-9(2)6-11(12)14/h4-8H,3,14H2,1-2H3. The third-order valence-electron chi connectivity index (χ3n) is 2.44. The van der Waals surface area contributed by atoms with Crippen LogP contribution >= 0.6 is 0 Å². The first-order valence-corrected chi connectivity index (χ1v) is 5.54. The molecule has 4 nitrogen and oxygen atoms in total. The van der Waals surface area contributed by atoms with E-state index < -0.39 is 0 Å². The van der Waals surface area contributed by atoms with Crippen molar-refractivity contribution in [2.45, 2.75) is 20.3 Å². The number of nitrogens with zero attached hydrogens (tertiary/aromatic N) is 2. The Kier molecular flexibility index (Phi) is 3.23. The smallest absolute Gasteiger partial charge is 0.222 e. The second-order valence-corrected chi connectivity index (χ2v) is 3.84. The predicted molar refractivity (Wildman–Crippen MR) is 67.1 cm³/mol. The van der Waals surface area contributed by atoms with Crippen molar-refractivity contribution in [2.75, 3.05) is 5.73 Å². The summed E-state index contributed by atoms with van der Waals surface area (Å²) in [6.07, 6.45) is 2.35. The summed E-state index contributed by atoms with van der Waals surface area (Å²) in [6, 6.07) is 7.49. The third-order valence-corrected chi connectivity index (χ3v) is 2.44. The lowest BCUT2D eigenvalue weighted by atomic mass is 10.2. The molecule has 1 aromatic heterocycles. The number of aromatic nitrogens is 2. The van der Waals surface area contributed by atoms with E-state index in [2.05, 4.69) is 9.97 Å². The Labute approximate surface area is 100 Å². The summed E-state index contributed by atoms with van der Waals surface area (Å²) in [4.78, 5) is 8.17. The highest BCUT2D eigenvalue weighted by atomic mass is 16.5. The first-order valence-electron chi connectivity index (χ1n) is 5.54. The minimum atomic E-state index is 0.521. The molecule has 0 aliphatic carbocycles. The van der Waals surface area contributed by atoms with E-state index in [1.165, 1.54) is 6.33 Å². The molecule has 0 aliphatic heterocycles. The van der Waals surface area contributed by atoms with Gasteiger partial charge in [0.1, 0.15) is 6.33 Å². The summed E-state index contributed by atoms with van der Waals surface area (Å²) < 4.78 is 5.63. The largest absolute Gasteiger partial charge is 0.437 e. The average Bonchev–Trinajstić information content (AvgIpc) is 2.33. The number of hydrogen-bond acceptors (Lipinski definition) is 4. The quantitative estimate of drug-likeness (QED) is 0.822. The maximum absolute atomic E-state index is 5.87. The van der Waals surface area contributed by atoms with Crippen LogP contribution in [0.3, 0.4) is 0 Å². The van der Waals surface area contributed by atoms with Gasteiger partial charge in [-0.3, -0.25) is 0 Å². The molecular formula is C13H15N3O. The summed E-state index contributed by atoms with van der Waals surface area (Å²) in [5.74, 6) is 1.14. The summed E-state index contributed by atoms with van der Waals surface area (Å²) in [5.41, 5.74) is 8.53. The van der Waals surface area contributed by atoms with Crippen LogP contribution in [0.2, 0.25) is 0 Å². The van der Waals surface area contributed by atoms with E-state index >= 15 is 0 Å². The van der Waals surface area contributed by atoms with Crippen molar-refractivity contribution in [3.05, 3.63) is 41.9 Å². The van der Waals surface area contributed by atoms with Gasteiger partial charge in [-0.2, -0.15) is 0 Å². The van der Waals surface area contributed by atoms with E-state index in [1.807, 2.05) is 38.1 Å². The Bertz CT molecular complexity index is 526. The van der Waals surface area contributed by atoms with Crippen LogP contribution in [-0.2, 0) is 6.42 Å². The Balaban J connectivity index is 2.25. The van der Waals surface area contributed by atoms with Crippen LogP contribution in [0.5, 0.6) is 11.6 Å². The molecule has 0 bridgehead atoms. The molecule has 88 valence electrons. The van der Waals surface area contributed by atoms with Crippen molar-refractivity contribution in [3.8, 4) is 11.6 Å².